The number of hydrogen-bond donors (Lipinski definition) is 3. The molecule has 0 radical (unpaired) electrons. The number of nitrogens with one attached hydrogen (secondary N) is 3. The fourth-order valence-electron chi connectivity index (χ4n) is 4.77. The summed E-state index contributed by atoms with van der Waals surface area (Å²) in [7, 11) is 0. The molecule has 5 rings (SSSR count). The van der Waals surface area contributed by atoms with Crippen LogP contribution in [0.2, 0.25) is 0 Å². The quantitative estimate of drug-likeness (QED) is 0.375. The predicted octanol–water partition coefficient (Wildman–Crippen LogP) is 4.41. The van der Waals surface area contributed by atoms with E-state index in [2.05, 4.69) is 20.9 Å². The topological polar surface area (TPSA) is 109 Å². The lowest BCUT2D eigenvalue weighted by atomic mass is 9.75. The molecule has 0 saturated heterocycles. The second kappa shape index (κ2) is 8.96. The summed E-state index contributed by atoms with van der Waals surface area (Å²) in [4.78, 5) is 42.0. The third-order valence-electron chi connectivity index (χ3n) is 6.44. The van der Waals surface area contributed by atoms with E-state index in [1.54, 1.807) is 17.8 Å². The van der Waals surface area contributed by atoms with Gasteiger partial charge in [0, 0.05) is 29.4 Å². The van der Waals surface area contributed by atoms with Gasteiger partial charge in [-0.25, -0.2) is 4.68 Å². The molecule has 182 valence electrons. The molecule has 0 saturated carbocycles. The standard InChI is InChI=1S/C28H27N5O3/c1-17-23-21(14-28(2,3)15-22(23)34)29-24(17)27(36)31-30-26(35)20-16-33(19-12-8-5-9-13-19)32-25(20)18-10-6-4-7-11-18/h4-13,16,29H,14-15H2,1-3H3,(H,30,35)(H,31,36). The SMILES string of the molecule is Cc1c(C(=O)NNC(=O)c2cn(-c3ccccc3)nc2-c2ccccc2)[nH]c2c1C(=O)CC(C)(C)C2. The number of Topliss-reactive ketones (excluding diaryl/α,β-unsaturated/α-hetero) is 1. The zero-order valence-electron chi connectivity index (χ0n) is 20.4. The number of para-hydroxylation sites is 1. The van der Waals surface area contributed by atoms with Gasteiger partial charge >= 0.3 is 0 Å². The smallest absolute Gasteiger partial charge is 0.286 e. The molecule has 1 aliphatic rings. The van der Waals surface area contributed by atoms with Crippen LogP contribution in [0, 0.1) is 12.3 Å². The highest BCUT2D eigenvalue weighted by Gasteiger charge is 2.35. The highest BCUT2D eigenvalue weighted by atomic mass is 16.2. The summed E-state index contributed by atoms with van der Waals surface area (Å²) >= 11 is 0. The Bertz CT molecular complexity index is 1470. The van der Waals surface area contributed by atoms with Crippen molar-refractivity contribution in [2.75, 3.05) is 0 Å². The lowest BCUT2D eigenvalue weighted by molar-refractivity contribution is 0.0844. The maximum atomic E-state index is 13.2. The summed E-state index contributed by atoms with van der Waals surface area (Å²) in [5, 5.41) is 4.64. The summed E-state index contributed by atoms with van der Waals surface area (Å²) in [5.41, 5.74) is 9.43. The average molecular weight is 482 g/mol. The molecule has 8 nitrogen and oxygen atoms in total. The average Bonchev–Trinajstić information content (AvgIpc) is 3.45. The number of carbonyl (C=O) groups excluding carboxylic acids is 3. The van der Waals surface area contributed by atoms with Crippen LogP contribution in [0.1, 0.15) is 62.7 Å². The summed E-state index contributed by atoms with van der Waals surface area (Å²) < 4.78 is 1.63. The molecule has 0 spiro atoms. The number of aromatic amines is 1. The summed E-state index contributed by atoms with van der Waals surface area (Å²) in [6.07, 6.45) is 2.75. The van der Waals surface area contributed by atoms with Crippen molar-refractivity contribution in [1.82, 2.24) is 25.6 Å². The molecule has 0 aliphatic heterocycles. The van der Waals surface area contributed by atoms with E-state index in [0.29, 0.717) is 35.2 Å². The van der Waals surface area contributed by atoms with Crippen LogP contribution < -0.4 is 10.9 Å². The van der Waals surface area contributed by atoms with Gasteiger partial charge in [-0.05, 0) is 36.5 Å². The second-order valence-electron chi connectivity index (χ2n) is 9.87. The first kappa shape index (κ1) is 23.3. The number of ketones is 1. The van der Waals surface area contributed by atoms with E-state index >= 15 is 0 Å². The number of carbonyl (C=O) groups is 3. The largest absolute Gasteiger partial charge is 0.353 e. The van der Waals surface area contributed by atoms with Crippen LogP contribution in [0.25, 0.3) is 16.9 Å². The fraction of sp³-hybridized carbons (Fsp3) is 0.214. The first-order valence-corrected chi connectivity index (χ1v) is 11.8. The van der Waals surface area contributed by atoms with Crippen molar-refractivity contribution in [3.05, 3.63) is 94.9 Å². The molecule has 2 amide bonds. The van der Waals surface area contributed by atoms with Gasteiger partial charge in [0.25, 0.3) is 11.8 Å². The molecule has 2 aromatic heterocycles. The van der Waals surface area contributed by atoms with E-state index in [4.69, 9.17) is 0 Å². The molecule has 0 atom stereocenters. The maximum Gasteiger partial charge on any atom is 0.286 e. The van der Waals surface area contributed by atoms with Crippen molar-refractivity contribution in [3.63, 3.8) is 0 Å². The number of aromatic nitrogens is 3. The van der Waals surface area contributed by atoms with Crippen molar-refractivity contribution in [2.45, 2.75) is 33.6 Å². The Hall–Kier alpha value is -4.46. The van der Waals surface area contributed by atoms with E-state index in [1.165, 1.54) is 0 Å². The molecular formula is C28H27N5O3. The van der Waals surface area contributed by atoms with Crippen LogP contribution >= 0.6 is 0 Å². The fourth-order valence-corrected chi connectivity index (χ4v) is 4.77. The van der Waals surface area contributed by atoms with Crippen LogP contribution in [-0.2, 0) is 6.42 Å². The molecular weight excluding hydrogens is 454 g/mol. The molecule has 4 aromatic rings. The minimum atomic E-state index is -0.516. The third-order valence-corrected chi connectivity index (χ3v) is 6.44. The van der Waals surface area contributed by atoms with Gasteiger partial charge in [0.2, 0.25) is 0 Å². The Morgan fingerprint density at radius 1 is 0.944 bits per heavy atom. The van der Waals surface area contributed by atoms with Crippen LogP contribution in [0.4, 0.5) is 0 Å². The monoisotopic (exact) mass is 481 g/mol. The molecule has 1 aliphatic carbocycles. The van der Waals surface area contributed by atoms with Gasteiger partial charge in [-0.15, -0.1) is 0 Å². The first-order chi connectivity index (χ1) is 17.2. The van der Waals surface area contributed by atoms with Gasteiger partial charge in [0.05, 0.1) is 11.3 Å². The predicted molar refractivity (Wildman–Crippen MR) is 136 cm³/mol. The van der Waals surface area contributed by atoms with Crippen molar-refractivity contribution in [3.8, 4) is 16.9 Å². The normalized spacial score (nSPS) is 14.2. The zero-order valence-corrected chi connectivity index (χ0v) is 20.4. The maximum absolute atomic E-state index is 13.2. The van der Waals surface area contributed by atoms with Crippen LogP contribution in [0.15, 0.2) is 66.9 Å². The number of fused-ring (bicyclic) bond motifs is 1. The van der Waals surface area contributed by atoms with Crippen LogP contribution in [-0.4, -0.2) is 32.4 Å². The summed E-state index contributed by atoms with van der Waals surface area (Å²) in [5.74, 6) is -0.993. The Balaban J connectivity index is 1.39. The van der Waals surface area contributed by atoms with Crippen molar-refractivity contribution in [1.29, 1.82) is 0 Å². The molecule has 8 heteroatoms. The summed E-state index contributed by atoms with van der Waals surface area (Å²) in [6, 6.07) is 18.9. The van der Waals surface area contributed by atoms with Crippen molar-refractivity contribution in [2.24, 2.45) is 5.41 Å². The van der Waals surface area contributed by atoms with Gasteiger partial charge in [-0.1, -0.05) is 62.4 Å². The Kier molecular flexibility index (Phi) is 5.80. The van der Waals surface area contributed by atoms with E-state index in [0.717, 1.165) is 16.9 Å². The first-order valence-electron chi connectivity index (χ1n) is 11.8. The minimum Gasteiger partial charge on any atom is -0.353 e. The number of rotatable bonds is 4. The molecule has 0 unspecified atom stereocenters. The van der Waals surface area contributed by atoms with Gasteiger partial charge < -0.3 is 4.98 Å². The Morgan fingerprint density at radius 3 is 2.28 bits per heavy atom. The lowest BCUT2D eigenvalue weighted by Crippen LogP contribution is -2.42. The van der Waals surface area contributed by atoms with Gasteiger partial charge in [-0.3, -0.25) is 25.2 Å². The van der Waals surface area contributed by atoms with E-state index in [-0.39, 0.29) is 16.9 Å². The minimum absolute atomic E-state index is 0.0268. The van der Waals surface area contributed by atoms with E-state index in [1.807, 2.05) is 74.5 Å². The Morgan fingerprint density at radius 2 is 1.58 bits per heavy atom. The van der Waals surface area contributed by atoms with Crippen molar-refractivity contribution < 1.29 is 14.4 Å². The van der Waals surface area contributed by atoms with Gasteiger partial charge in [0.1, 0.15) is 11.4 Å². The van der Waals surface area contributed by atoms with Gasteiger partial charge in [-0.2, -0.15) is 5.10 Å². The number of amides is 2. The highest BCUT2D eigenvalue weighted by molar-refractivity contribution is 6.06. The van der Waals surface area contributed by atoms with E-state index in [9.17, 15) is 14.4 Å². The number of nitrogens with zero attached hydrogens (tertiary/aromatic N) is 2. The number of hydrazine groups is 1. The third kappa shape index (κ3) is 4.33. The van der Waals surface area contributed by atoms with Crippen LogP contribution in [0.3, 0.4) is 0 Å². The number of benzene rings is 2. The van der Waals surface area contributed by atoms with Gasteiger partial charge in [0.15, 0.2) is 5.78 Å². The summed E-state index contributed by atoms with van der Waals surface area (Å²) in [6.45, 7) is 5.81. The molecule has 0 bridgehead atoms. The van der Waals surface area contributed by atoms with Crippen molar-refractivity contribution >= 4 is 17.6 Å². The molecule has 2 heterocycles. The number of H-pyrrole nitrogens is 1. The second-order valence-corrected chi connectivity index (χ2v) is 9.87. The number of hydrogen-bond acceptors (Lipinski definition) is 4. The molecule has 36 heavy (non-hydrogen) atoms. The highest BCUT2D eigenvalue weighted by Crippen LogP contribution is 2.36. The zero-order chi connectivity index (χ0) is 25.4. The lowest BCUT2D eigenvalue weighted by Gasteiger charge is -2.28. The molecule has 3 N–H and O–H groups in total. The van der Waals surface area contributed by atoms with Crippen LogP contribution in [0.5, 0.6) is 0 Å². The van der Waals surface area contributed by atoms with E-state index < -0.39 is 11.8 Å². The molecule has 0 fully saturated rings. The Labute approximate surface area is 208 Å². The molecule has 2 aromatic carbocycles.